The van der Waals surface area contributed by atoms with Crippen LogP contribution in [-0.4, -0.2) is 23.7 Å². The van der Waals surface area contributed by atoms with Crippen LogP contribution in [-0.2, 0) is 4.74 Å². The van der Waals surface area contributed by atoms with E-state index in [9.17, 15) is 14.9 Å². The Morgan fingerprint density at radius 1 is 1.33 bits per heavy atom. The summed E-state index contributed by atoms with van der Waals surface area (Å²) in [5.41, 5.74) is 1.02. The average molecular weight is 288 g/mol. The summed E-state index contributed by atoms with van der Waals surface area (Å²) in [6.07, 6.45) is 1.37. The quantitative estimate of drug-likeness (QED) is 0.364. The lowest BCUT2D eigenvalue weighted by Gasteiger charge is -2.01. The van der Waals surface area contributed by atoms with Crippen molar-refractivity contribution in [3.8, 4) is 0 Å². The zero-order valence-electron chi connectivity index (χ0n) is 11.2. The zero-order chi connectivity index (χ0) is 15.2. The largest absolute Gasteiger partial charge is 0.462 e. The number of hydrogen-bond donors (Lipinski definition) is 0. The molecule has 0 aliphatic rings. The van der Waals surface area contributed by atoms with Gasteiger partial charge in [-0.2, -0.15) is 0 Å². The summed E-state index contributed by atoms with van der Waals surface area (Å²) in [5, 5.41) is 10.5. The minimum atomic E-state index is -0.620. The Labute approximate surface area is 120 Å². The summed E-state index contributed by atoms with van der Waals surface area (Å²) in [6, 6.07) is 9.17. The third-order valence-electron chi connectivity index (χ3n) is 2.51. The van der Waals surface area contributed by atoms with Gasteiger partial charge in [-0.15, -0.1) is 0 Å². The van der Waals surface area contributed by atoms with Crippen molar-refractivity contribution in [3.63, 3.8) is 0 Å². The Hall–Kier alpha value is -2.96. The fourth-order valence-electron chi connectivity index (χ4n) is 1.55. The summed E-state index contributed by atoms with van der Waals surface area (Å²) in [5.74, 6) is -0.458. The number of benzene rings is 1. The number of aliphatic imine (C=N–C) groups is 1. The van der Waals surface area contributed by atoms with Crippen LogP contribution < -0.4 is 0 Å². The first-order valence-corrected chi connectivity index (χ1v) is 6.15. The number of hydrogen-bond acceptors (Lipinski definition) is 6. The third-order valence-corrected chi connectivity index (χ3v) is 2.51. The predicted molar refractivity (Wildman–Crippen MR) is 75.0 cm³/mol. The second kappa shape index (κ2) is 6.47. The van der Waals surface area contributed by atoms with Gasteiger partial charge in [0.15, 0.2) is 5.76 Å². The summed E-state index contributed by atoms with van der Waals surface area (Å²) < 4.78 is 9.80. The number of nitrogens with zero attached hydrogens (tertiary/aromatic N) is 2. The lowest BCUT2D eigenvalue weighted by Crippen LogP contribution is -2.03. The molecular weight excluding hydrogens is 276 g/mol. The van der Waals surface area contributed by atoms with E-state index in [-0.39, 0.29) is 11.6 Å². The lowest BCUT2D eigenvalue weighted by atomic mass is 10.2. The third kappa shape index (κ3) is 3.75. The van der Waals surface area contributed by atoms with Crippen molar-refractivity contribution < 1.29 is 18.9 Å². The highest BCUT2D eigenvalue weighted by Crippen LogP contribution is 2.17. The normalized spacial score (nSPS) is 10.7. The van der Waals surface area contributed by atoms with Crippen LogP contribution in [0.1, 0.15) is 23.0 Å². The van der Waals surface area contributed by atoms with Crippen LogP contribution >= 0.6 is 0 Å². The number of esters is 1. The van der Waals surface area contributed by atoms with Gasteiger partial charge in [0.2, 0.25) is 0 Å². The van der Waals surface area contributed by atoms with Crippen molar-refractivity contribution in [1.82, 2.24) is 0 Å². The molecule has 0 spiro atoms. The van der Waals surface area contributed by atoms with Crippen LogP contribution in [0.4, 0.5) is 11.6 Å². The van der Waals surface area contributed by atoms with Crippen LogP contribution in [0.3, 0.4) is 0 Å². The maximum absolute atomic E-state index is 11.5. The fourth-order valence-corrected chi connectivity index (χ4v) is 1.55. The molecule has 7 nitrogen and oxygen atoms in total. The SMILES string of the molecule is CCOC(=O)c1ccc(N=Cc2ccc([N+](=O)[O-])o2)cc1. The summed E-state index contributed by atoms with van der Waals surface area (Å²) in [6.45, 7) is 2.05. The van der Waals surface area contributed by atoms with Gasteiger partial charge in [0.25, 0.3) is 0 Å². The maximum Gasteiger partial charge on any atom is 0.433 e. The van der Waals surface area contributed by atoms with E-state index in [4.69, 9.17) is 9.15 Å². The molecule has 0 saturated carbocycles. The lowest BCUT2D eigenvalue weighted by molar-refractivity contribution is -0.402. The molecule has 1 heterocycles. The van der Waals surface area contributed by atoms with E-state index < -0.39 is 10.9 Å². The van der Waals surface area contributed by atoms with E-state index >= 15 is 0 Å². The van der Waals surface area contributed by atoms with Gasteiger partial charge < -0.3 is 9.15 Å². The Balaban J connectivity index is 2.07. The number of ether oxygens (including phenoxy) is 1. The van der Waals surface area contributed by atoms with E-state index in [2.05, 4.69) is 4.99 Å². The molecule has 2 aromatic rings. The topological polar surface area (TPSA) is 94.9 Å². The molecule has 2 rings (SSSR count). The molecule has 0 amide bonds. The number of rotatable bonds is 5. The first kappa shape index (κ1) is 14.4. The van der Waals surface area contributed by atoms with Crippen molar-refractivity contribution in [2.24, 2.45) is 4.99 Å². The molecule has 0 aliphatic carbocycles. The Morgan fingerprint density at radius 2 is 2.05 bits per heavy atom. The van der Waals surface area contributed by atoms with Crippen molar-refractivity contribution in [3.05, 3.63) is 57.8 Å². The highest BCUT2D eigenvalue weighted by Gasteiger charge is 2.10. The molecule has 0 unspecified atom stereocenters. The van der Waals surface area contributed by atoms with E-state index in [0.717, 1.165) is 0 Å². The predicted octanol–water partition coefficient (Wildman–Crippen LogP) is 3.12. The smallest absolute Gasteiger partial charge is 0.433 e. The number of furan rings is 1. The van der Waals surface area contributed by atoms with Gasteiger partial charge in [-0.05, 0) is 37.3 Å². The van der Waals surface area contributed by atoms with E-state index in [1.807, 2.05) is 0 Å². The van der Waals surface area contributed by atoms with E-state index in [1.54, 1.807) is 31.2 Å². The first-order chi connectivity index (χ1) is 10.1. The Bertz CT molecular complexity index is 673. The number of carbonyl (C=O) groups is 1. The molecule has 0 saturated heterocycles. The molecule has 0 atom stereocenters. The van der Waals surface area contributed by atoms with Gasteiger partial charge in [0, 0.05) is 0 Å². The van der Waals surface area contributed by atoms with E-state index in [1.165, 1.54) is 18.3 Å². The van der Waals surface area contributed by atoms with Crippen LogP contribution in [0.2, 0.25) is 0 Å². The zero-order valence-corrected chi connectivity index (χ0v) is 11.2. The molecule has 0 aliphatic heterocycles. The van der Waals surface area contributed by atoms with Crippen molar-refractivity contribution in [2.75, 3.05) is 6.61 Å². The summed E-state index contributed by atoms with van der Waals surface area (Å²) in [7, 11) is 0. The maximum atomic E-state index is 11.5. The molecule has 1 aromatic carbocycles. The summed E-state index contributed by atoms with van der Waals surface area (Å²) >= 11 is 0. The molecule has 0 fully saturated rings. The molecular formula is C14H12N2O5. The van der Waals surface area contributed by atoms with Gasteiger partial charge in [0.1, 0.15) is 4.92 Å². The summed E-state index contributed by atoms with van der Waals surface area (Å²) in [4.78, 5) is 25.4. The van der Waals surface area contributed by atoms with Crippen LogP contribution in [0.15, 0.2) is 45.8 Å². The average Bonchev–Trinajstić information content (AvgIpc) is 2.95. The molecule has 21 heavy (non-hydrogen) atoms. The highest BCUT2D eigenvalue weighted by molar-refractivity contribution is 5.90. The Kier molecular flexibility index (Phi) is 4.45. The minimum Gasteiger partial charge on any atom is -0.462 e. The number of carbonyl (C=O) groups excluding carboxylic acids is 1. The molecule has 1 aromatic heterocycles. The van der Waals surface area contributed by atoms with Gasteiger partial charge in [-0.1, -0.05) is 0 Å². The van der Waals surface area contributed by atoms with Gasteiger partial charge >= 0.3 is 11.9 Å². The Morgan fingerprint density at radius 3 is 2.62 bits per heavy atom. The van der Waals surface area contributed by atoms with Crippen LogP contribution in [0.5, 0.6) is 0 Å². The van der Waals surface area contributed by atoms with Crippen LogP contribution in [0, 0.1) is 10.1 Å². The van der Waals surface area contributed by atoms with Crippen molar-refractivity contribution >= 4 is 23.8 Å². The van der Waals surface area contributed by atoms with Gasteiger partial charge in [-0.3, -0.25) is 15.1 Å². The fraction of sp³-hybridized carbons (Fsp3) is 0.143. The van der Waals surface area contributed by atoms with Gasteiger partial charge in [-0.25, -0.2) is 4.79 Å². The molecule has 0 N–H and O–H groups in total. The van der Waals surface area contributed by atoms with Gasteiger partial charge in [0.05, 0.1) is 30.1 Å². The second-order valence-corrected chi connectivity index (χ2v) is 3.96. The molecule has 0 radical (unpaired) electrons. The second-order valence-electron chi connectivity index (χ2n) is 3.96. The van der Waals surface area contributed by atoms with E-state index in [0.29, 0.717) is 17.9 Å². The number of nitro groups is 1. The molecule has 108 valence electrons. The monoisotopic (exact) mass is 288 g/mol. The molecule has 0 bridgehead atoms. The minimum absolute atomic E-state index is 0.274. The van der Waals surface area contributed by atoms with Crippen molar-refractivity contribution in [2.45, 2.75) is 6.92 Å². The highest BCUT2D eigenvalue weighted by atomic mass is 16.6. The first-order valence-electron chi connectivity index (χ1n) is 6.15. The van der Waals surface area contributed by atoms with Crippen molar-refractivity contribution in [1.29, 1.82) is 0 Å². The standard InChI is InChI=1S/C14H12N2O5/c1-2-20-14(17)10-3-5-11(6-4-10)15-9-12-7-8-13(21-12)16(18)19/h3-9H,2H2,1H3. The molecule has 7 heteroatoms. The van der Waals surface area contributed by atoms with Crippen LogP contribution in [0.25, 0.3) is 0 Å².